The zero-order chi connectivity index (χ0) is 13.1. The second kappa shape index (κ2) is 5.20. The predicted octanol–water partition coefficient (Wildman–Crippen LogP) is 2.62. The Kier molecular flexibility index (Phi) is 3.64. The third kappa shape index (κ3) is 2.69. The molecule has 0 fully saturated rings. The number of nitrogens with zero attached hydrogens (tertiary/aromatic N) is 2. The Morgan fingerprint density at radius 2 is 1.89 bits per heavy atom. The van der Waals surface area contributed by atoms with Crippen LogP contribution in [0.5, 0.6) is 0 Å². The molecular weight excluding hydrogens is 275 g/mol. The first-order valence-corrected chi connectivity index (χ1v) is 5.66. The van der Waals surface area contributed by atoms with Gasteiger partial charge in [0.25, 0.3) is 5.91 Å². The number of nitrogen functional groups attached to an aromatic ring is 1. The number of anilines is 2. The van der Waals surface area contributed by atoms with Crippen LogP contribution in [0.25, 0.3) is 0 Å². The Bertz CT molecular complexity index is 583. The molecule has 1 aromatic carbocycles. The molecule has 1 amide bonds. The van der Waals surface area contributed by atoms with Gasteiger partial charge in [0, 0.05) is 0 Å². The maximum atomic E-state index is 11.9. The number of para-hydroxylation sites is 1. The summed E-state index contributed by atoms with van der Waals surface area (Å²) in [5.74, 6) is -0.322. The van der Waals surface area contributed by atoms with E-state index in [0.717, 1.165) is 0 Å². The Balaban J connectivity index is 2.27. The minimum Gasteiger partial charge on any atom is -0.382 e. The van der Waals surface area contributed by atoms with Gasteiger partial charge in [-0.3, -0.25) is 9.78 Å². The molecule has 0 radical (unpaired) electrons. The van der Waals surface area contributed by atoms with Gasteiger partial charge < -0.3 is 11.1 Å². The molecule has 0 atom stereocenters. The number of amides is 1. The summed E-state index contributed by atoms with van der Waals surface area (Å²) in [5, 5.41) is 3.24. The number of benzene rings is 1. The molecule has 5 nitrogen and oxygen atoms in total. The number of carbonyl (C=O) groups excluding carboxylic acids is 1. The van der Waals surface area contributed by atoms with Crippen LogP contribution in [0, 0.1) is 0 Å². The molecule has 0 spiro atoms. The number of carbonyl (C=O) groups is 1. The molecule has 92 valence electrons. The number of rotatable bonds is 2. The van der Waals surface area contributed by atoms with Gasteiger partial charge in [-0.15, -0.1) is 0 Å². The van der Waals surface area contributed by atoms with E-state index in [1.54, 1.807) is 18.2 Å². The first kappa shape index (κ1) is 12.6. The molecule has 18 heavy (non-hydrogen) atoms. The van der Waals surface area contributed by atoms with Crippen molar-refractivity contribution in [3.8, 4) is 0 Å². The zero-order valence-corrected chi connectivity index (χ0v) is 10.5. The summed E-state index contributed by atoms with van der Waals surface area (Å²) in [6.07, 6.45) is 2.65. The van der Waals surface area contributed by atoms with Crippen LogP contribution in [0.3, 0.4) is 0 Å². The number of nitrogens with two attached hydrogens (primary N) is 1. The Morgan fingerprint density at radius 3 is 2.50 bits per heavy atom. The van der Waals surface area contributed by atoms with Crippen molar-refractivity contribution in [2.24, 2.45) is 0 Å². The largest absolute Gasteiger partial charge is 0.382 e. The summed E-state index contributed by atoms with van der Waals surface area (Å²) in [7, 11) is 0. The molecule has 0 aliphatic carbocycles. The summed E-state index contributed by atoms with van der Waals surface area (Å²) < 4.78 is 0. The van der Waals surface area contributed by atoms with Crippen molar-refractivity contribution in [2.45, 2.75) is 0 Å². The molecule has 0 aliphatic heterocycles. The van der Waals surface area contributed by atoms with Crippen LogP contribution < -0.4 is 11.1 Å². The molecule has 1 aromatic heterocycles. The van der Waals surface area contributed by atoms with Crippen LogP contribution >= 0.6 is 23.2 Å². The lowest BCUT2D eigenvalue weighted by Gasteiger charge is -2.08. The van der Waals surface area contributed by atoms with E-state index >= 15 is 0 Å². The molecule has 1 heterocycles. The number of hydrogen-bond acceptors (Lipinski definition) is 4. The zero-order valence-electron chi connectivity index (χ0n) is 9.02. The van der Waals surface area contributed by atoms with E-state index in [1.807, 2.05) is 0 Å². The molecule has 0 saturated heterocycles. The number of halogens is 2. The van der Waals surface area contributed by atoms with Gasteiger partial charge in [0.1, 0.15) is 11.5 Å². The highest BCUT2D eigenvalue weighted by molar-refractivity contribution is 6.39. The standard InChI is InChI=1S/C11H8Cl2N4O/c12-6-2-1-3-7(13)10(6)17-11(18)8-4-15-5-9(14)16-8/h1-5H,(H2,14,16)(H,17,18). The first-order valence-electron chi connectivity index (χ1n) is 4.91. The lowest BCUT2D eigenvalue weighted by Crippen LogP contribution is -2.15. The highest BCUT2D eigenvalue weighted by Gasteiger charge is 2.12. The third-order valence-corrected chi connectivity index (χ3v) is 2.72. The van der Waals surface area contributed by atoms with E-state index in [2.05, 4.69) is 15.3 Å². The van der Waals surface area contributed by atoms with Gasteiger partial charge in [-0.1, -0.05) is 29.3 Å². The topological polar surface area (TPSA) is 80.9 Å². The van der Waals surface area contributed by atoms with Crippen LogP contribution in [-0.4, -0.2) is 15.9 Å². The summed E-state index contributed by atoms with van der Waals surface area (Å²) in [6, 6.07) is 4.92. The molecule has 2 aromatic rings. The highest BCUT2D eigenvalue weighted by Crippen LogP contribution is 2.29. The van der Waals surface area contributed by atoms with Crippen LogP contribution in [0.4, 0.5) is 11.5 Å². The fourth-order valence-electron chi connectivity index (χ4n) is 1.29. The third-order valence-electron chi connectivity index (χ3n) is 2.09. The Labute approximate surface area is 113 Å². The minimum absolute atomic E-state index is 0.0889. The number of hydrogen-bond donors (Lipinski definition) is 2. The predicted molar refractivity (Wildman–Crippen MR) is 70.9 cm³/mol. The van der Waals surface area contributed by atoms with Crippen LogP contribution in [0.1, 0.15) is 10.5 Å². The van der Waals surface area contributed by atoms with Crippen molar-refractivity contribution in [1.29, 1.82) is 0 Å². The van der Waals surface area contributed by atoms with Crippen molar-refractivity contribution in [3.63, 3.8) is 0 Å². The Morgan fingerprint density at radius 1 is 1.22 bits per heavy atom. The molecule has 3 N–H and O–H groups in total. The van der Waals surface area contributed by atoms with E-state index in [1.165, 1.54) is 12.4 Å². The molecular formula is C11H8Cl2N4O. The van der Waals surface area contributed by atoms with Gasteiger partial charge in [0.05, 0.1) is 28.1 Å². The average Bonchev–Trinajstić information content (AvgIpc) is 2.34. The van der Waals surface area contributed by atoms with Crippen molar-refractivity contribution in [3.05, 3.63) is 46.3 Å². The van der Waals surface area contributed by atoms with Gasteiger partial charge >= 0.3 is 0 Å². The molecule has 0 saturated carbocycles. The number of nitrogens with one attached hydrogen (secondary N) is 1. The molecule has 7 heteroatoms. The highest BCUT2D eigenvalue weighted by atomic mass is 35.5. The molecule has 0 bridgehead atoms. The fraction of sp³-hybridized carbons (Fsp3) is 0. The van der Waals surface area contributed by atoms with Crippen molar-refractivity contribution < 1.29 is 4.79 Å². The molecule has 2 rings (SSSR count). The maximum Gasteiger partial charge on any atom is 0.276 e. The lowest BCUT2D eigenvalue weighted by molar-refractivity contribution is 0.102. The van der Waals surface area contributed by atoms with Crippen LogP contribution in [-0.2, 0) is 0 Å². The smallest absolute Gasteiger partial charge is 0.276 e. The van der Waals surface area contributed by atoms with Gasteiger partial charge in [0.2, 0.25) is 0 Å². The van der Waals surface area contributed by atoms with Gasteiger partial charge in [-0.05, 0) is 12.1 Å². The van der Waals surface area contributed by atoms with E-state index in [9.17, 15) is 4.79 Å². The summed E-state index contributed by atoms with van der Waals surface area (Å²) in [5.41, 5.74) is 5.86. The fourth-order valence-corrected chi connectivity index (χ4v) is 1.78. The monoisotopic (exact) mass is 282 g/mol. The first-order chi connectivity index (χ1) is 8.58. The molecule has 0 unspecified atom stereocenters. The van der Waals surface area contributed by atoms with Gasteiger partial charge in [-0.2, -0.15) is 0 Å². The van der Waals surface area contributed by atoms with Crippen LogP contribution in [0.2, 0.25) is 10.0 Å². The minimum atomic E-state index is -0.482. The number of aromatic nitrogens is 2. The van der Waals surface area contributed by atoms with Gasteiger partial charge in [-0.25, -0.2) is 4.98 Å². The van der Waals surface area contributed by atoms with Crippen molar-refractivity contribution >= 4 is 40.6 Å². The quantitative estimate of drug-likeness (QED) is 0.887. The summed E-state index contributed by atoms with van der Waals surface area (Å²) in [4.78, 5) is 19.5. The molecule has 0 aliphatic rings. The second-order valence-electron chi connectivity index (χ2n) is 3.38. The normalized spacial score (nSPS) is 10.1. The average molecular weight is 283 g/mol. The van der Waals surface area contributed by atoms with Crippen molar-refractivity contribution in [1.82, 2.24) is 9.97 Å². The van der Waals surface area contributed by atoms with E-state index in [-0.39, 0.29) is 11.5 Å². The summed E-state index contributed by atoms with van der Waals surface area (Å²) >= 11 is 11.9. The van der Waals surface area contributed by atoms with E-state index in [0.29, 0.717) is 15.7 Å². The van der Waals surface area contributed by atoms with E-state index < -0.39 is 5.91 Å². The SMILES string of the molecule is Nc1cncc(C(=O)Nc2c(Cl)cccc2Cl)n1. The van der Waals surface area contributed by atoms with Crippen LogP contribution in [0.15, 0.2) is 30.6 Å². The second-order valence-corrected chi connectivity index (χ2v) is 4.19. The van der Waals surface area contributed by atoms with Gasteiger partial charge in [0.15, 0.2) is 0 Å². The lowest BCUT2D eigenvalue weighted by atomic mass is 10.3. The Hall–Kier alpha value is -1.85. The maximum absolute atomic E-state index is 11.9. The summed E-state index contributed by atoms with van der Waals surface area (Å²) in [6.45, 7) is 0. The van der Waals surface area contributed by atoms with E-state index in [4.69, 9.17) is 28.9 Å². The van der Waals surface area contributed by atoms with Crippen molar-refractivity contribution in [2.75, 3.05) is 11.1 Å².